The van der Waals surface area contributed by atoms with E-state index < -0.39 is 0 Å². The molecule has 166 valence electrons. The third-order valence-electron chi connectivity index (χ3n) is 5.44. The summed E-state index contributed by atoms with van der Waals surface area (Å²) in [4.78, 5) is 16.0. The fourth-order valence-electron chi connectivity index (χ4n) is 3.67. The Labute approximate surface area is 184 Å². The molecule has 1 fully saturated rings. The van der Waals surface area contributed by atoms with Crippen LogP contribution in [-0.2, 0) is 13.1 Å². The highest BCUT2D eigenvalue weighted by molar-refractivity contribution is 5.93. The van der Waals surface area contributed by atoms with E-state index >= 15 is 0 Å². The molecule has 3 rings (SSSR count). The second-order valence-electron chi connectivity index (χ2n) is 7.53. The van der Waals surface area contributed by atoms with Crippen molar-refractivity contribution >= 4 is 11.9 Å². The number of ether oxygens (including phenoxy) is 2. The van der Waals surface area contributed by atoms with Crippen LogP contribution in [0, 0.1) is 0 Å². The van der Waals surface area contributed by atoms with Crippen molar-refractivity contribution in [2.24, 2.45) is 4.99 Å². The number of guanidine groups is 1. The predicted molar refractivity (Wildman–Crippen MR) is 123 cm³/mol. The number of hydrogen-bond acceptors (Lipinski definition) is 4. The summed E-state index contributed by atoms with van der Waals surface area (Å²) in [5, 5.41) is 9.28. The molecule has 0 atom stereocenters. The highest BCUT2D eigenvalue weighted by Crippen LogP contribution is 2.34. The van der Waals surface area contributed by atoms with Crippen LogP contribution in [0.5, 0.6) is 11.5 Å². The number of rotatable bonds is 8. The number of nitrogens with zero attached hydrogens (tertiary/aromatic N) is 1. The molecule has 2 aromatic rings. The van der Waals surface area contributed by atoms with Gasteiger partial charge in [0.05, 0.1) is 13.2 Å². The molecule has 0 unspecified atom stereocenters. The standard InChI is InChI=1S/C24H32N4O3/c1-25-23(29)18-13-11-17(12-14-18)15-27-24(26-2)28-16-19-7-6-10-21(30-3)22(19)31-20-8-4-5-9-20/h6-7,10-14,20H,4-5,8-9,15-16H2,1-3H3,(H,25,29)(H2,26,27,28). The second kappa shape index (κ2) is 11.2. The maximum atomic E-state index is 11.7. The quantitative estimate of drug-likeness (QED) is 0.448. The minimum atomic E-state index is -0.0918. The van der Waals surface area contributed by atoms with E-state index in [2.05, 4.69) is 20.9 Å². The molecule has 1 saturated carbocycles. The minimum absolute atomic E-state index is 0.0918. The van der Waals surface area contributed by atoms with Crippen LogP contribution in [0.1, 0.15) is 47.2 Å². The van der Waals surface area contributed by atoms with Gasteiger partial charge in [-0.05, 0) is 49.4 Å². The molecule has 3 N–H and O–H groups in total. The van der Waals surface area contributed by atoms with Crippen LogP contribution in [-0.4, -0.2) is 39.2 Å². The Morgan fingerprint density at radius 1 is 1.06 bits per heavy atom. The fourth-order valence-corrected chi connectivity index (χ4v) is 3.67. The second-order valence-corrected chi connectivity index (χ2v) is 7.53. The van der Waals surface area contributed by atoms with E-state index in [1.54, 1.807) is 21.2 Å². The molecule has 0 bridgehead atoms. The summed E-state index contributed by atoms with van der Waals surface area (Å²) >= 11 is 0. The number of amides is 1. The number of carbonyl (C=O) groups excluding carboxylic acids is 1. The van der Waals surface area contributed by atoms with Gasteiger partial charge in [0.2, 0.25) is 0 Å². The van der Waals surface area contributed by atoms with E-state index in [0.29, 0.717) is 24.6 Å². The number of methoxy groups -OCH3 is 1. The first-order chi connectivity index (χ1) is 15.1. The molecule has 7 nitrogen and oxygen atoms in total. The Hall–Kier alpha value is -3.22. The molecule has 1 amide bonds. The van der Waals surface area contributed by atoms with Crippen LogP contribution in [0.15, 0.2) is 47.5 Å². The SMILES string of the molecule is CN=C(NCc1ccc(C(=O)NC)cc1)NCc1cccc(OC)c1OC1CCCC1. The van der Waals surface area contributed by atoms with Crippen molar-refractivity contribution in [1.82, 2.24) is 16.0 Å². The summed E-state index contributed by atoms with van der Waals surface area (Å²) in [6.07, 6.45) is 4.87. The van der Waals surface area contributed by atoms with Crippen LogP contribution in [0.3, 0.4) is 0 Å². The van der Waals surface area contributed by atoms with Crippen LogP contribution in [0.2, 0.25) is 0 Å². The summed E-state index contributed by atoms with van der Waals surface area (Å²) in [6, 6.07) is 13.4. The fraction of sp³-hybridized carbons (Fsp3) is 0.417. The number of nitrogens with one attached hydrogen (secondary N) is 3. The van der Waals surface area contributed by atoms with Gasteiger partial charge in [-0.2, -0.15) is 0 Å². The van der Waals surface area contributed by atoms with Crippen LogP contribution < -0.4 is 25.4 Å². The molecule has 0 aromatic heterocycles. The summed E-state index contributed by atoms with van der Waals surface area (Å²) in [5.74, 6) is 2.16. The molecule has 0 heterocycles. The average Bonchev–Trinajstić information content (AvgIpc) is 3.33. The number of para-hydroxylation sites is 1. The molecule has 1 aliphatic rings. The highest BCUT2D eigenvalue weighted by Gasteiger charge is 2.20. The van der Waals surface area contributed by atoms with Gasteiger partial charge in [0.25, 0.3) is 5.91 Å². The van der Waals surface area contributed by atoms with Gasteiger partial charge in [0.15, 0.2) is 17.5 Å². The van der Waals surface area contributed by atoms with Crippen LogP contribution >= 0.6 is 0 Å². The molecule has 0 radical (unpaired) electrons. The molecule has 0 saturated heterocycles. The van der Waals surface area contributed by atoms with Crippen molar-refractivity contribution in [3.05, 3.63) is 59.2 Å². The summed E-state index contributed by atoms with van der Waals surface area (Å²) in [5.41, 5.74) is 2.73. The lowest BCUT2D eigenvalue weighted by Crippen LogP contribution is -2.36. The summed E-state index contributed by atoms with van der Waals surface area (Å²) < 4.78 is 11.8. The van der Waals surface area contributed by atoms with Gasteiger partial charge in [-0.1, -0.05) is 24.3 Å². The van der Waals surface area contributed by atoms with Crippen molar-refractivity contribution in [2.45, 2.75) is 44.9 Å². The molecular weight excluding hydrogens is 392 g/mol. The first-order valence-electron chi connectivity index (χ1n) is 10.7. The Morgan fingerprint density at radius 2 is 1.77 bits per heavy atom. The Kier molecular flexibility index (Phi) is 8.15. The lowest BCUT2D eigenvalue weighted by Gasteiger charge is -2.20. The van der Waals surface area contributed by atoms with Gasteiger partial charge in [0, 0.05) is 38.3 Å². The number of aliphatic imine (C=N–C) groups is 1. The van der Waals surface area contributed by atoms with Crippen molar-refractivity contribution in [2.75, 3.05) is 21.2 Å². The van der Waals surface area contributed by atoms with Crippen molar-refractivity contribution in [3.63, 3.8) is 0 Å². The van der Waals surface area contributed by atoms with E-state index in [0.717, 1.165) is 35.5 Å². The lowest BCUT2D eigenvalue weighted by molar-refractivity contribution is 0.0963. The molecule has 0 aliphatic heterocycles. The number of hydrogen-bond donors (Lipinski definition) is 3. The monoisotopic (exact) mass is 424 g/mol. The molecular formula is C24H32N4O3. The highest BCUT2D eigenvalue weighted by atomic mass is 16.5. The maximum absolute atomic E-state index is 11.7. The molecule has 2 aromatic carbocycles. The predicted octanol–water partition coefficient (Wildman–Crippen LogP) is 3.24. The van der Waals surface area contributed by atoms with E-state index in [1.165, 1.54) is 12.8 Å². The van der Waals surface area contributed by atoms with Crippen LogP contribution in [0.25, 0.3) is 0 Å². The van der Waals surface area contributed by atoms with Gasteiger partial charge >= 0.3 is 0 Å². The zero-order chi connectivity index (χ0) is 22.1. The van der Waals surface area contributed by atoms with Gasteiger partial charge in [-0.3, -0.25) is 9.79 Å². The van der Waals surface area contributed by atoms with Gasteiger partial charge in [-0.15, -0.1) is 0 Å². The van der Waals surface area contributed by atoms with Crippen LogP contribution in [0.4, 0.5) is 0 Å². The van der Waals surface area contributed by atoms with E-state index in [1.807, 2.05) is 42.5 Å². The Morgan fingerprint density at radius 3 is 2.42 bits per heavy atom. The zero-order valence-corrected chi connectivity index (χ0v) is 18.5. The third kappa shape index (κ3) is 6.13. The van der Waals surface area contributed by atoms with E-state index in [-0.39, 0.29) is 12.0 Å². The molecule has 7 heteroatoms. The van der Waals surface area contributed by atoms with Gasteiger partial charge < -0.3 is 25.4 Å². The topological polar surface area (TPSA) is 84.0 Å². The zero-order valence-electron chi connectivity index (χ0n) is 18.5. The lowest BCUT2D eigenvalue weighted by atomic mass is 10.1. The largest absolute Gasteiger partial charge is 0.493 e. The van der Waals surface area contributed by atoms with E-state index in [9.17, 15) is 4.79 Å². The molecule has 0 spiro atoms. The molecule has 1 aliphatic carbocycles. The van der Waals surface area contributed by atoms with Crippen molar-refractivity contribution < 1.29 is 14.3 Å². The Balaban J connectivity index is 1.59. The number of carbonyl (C=O) groups is 1. The third-order valence-corrected chi connectivity index (χ3v) is 5.44. The molecule has 31 heavy (non-hydrogen) atoms. The summed E-state index contributed by atoms with van der Waals surface area (Å²) in [6.45, 7) is 1.16. The Bertz CT molecular complexity index is 890. The average molecular weight is 425 g/mol. The van der Waals surface area contributed by atoms with Gasteiger partial charge in [0.1, 0.15) is 0 Å². The normalized spacial score (nSPS) is 14.2. The first kappa shape index (κ1) is 22.5. The van der Waals surface area contributed by atoms with Crippen molar-refractivity contribution in [3.8, 4) is 11.5 Å². The minimum Gasteiger partial charge on any atom is -0.493 e. The maximum Gasteiger partial charge on any atom is 0.251 e. The smallest absolute Gasteiger partial charge is 0.251 e. The number of benzene rings is 2. The van der Waals surface area contributed by atoms with Crippen molar-refractivity contribution in [1.29, 1.82) is 0 Å². The van der Waals surface area contributed by atoms with E-state index in [4.69, 9.17) is 9.47 Å². The first-order valence-corrected chi connectivity index (χ1v) is 10.7. The van der Waals surface area contributed by atoms with Gasteiger partial charge in [-0.25, -0.2) is 0 Å². The summed E-state index contributed by atoms with van der Waals surface area (Å²) in [7, 11) is 5.04.